The third-order valence-corrected chi connectivity index (χ3v) is 2.99. The van der Waals surface area contributed by atoms with Crippen LogP contribution in [0.2, 0.25) is 0 Å². The number of carboxylic acid groups (broad SMARTS) is 1. The molecule has 4 N–H and O–H groups in total. The zero-order valence-electron chi connectivity index (χ0n) is 10.9. The molecule has 0 fully saturated rings. The number of aromatic carboxylic acids is 1. The summed E-state index contributed by atoms with van der Waals surface area (Å²) >= 11 is 0. The van der Waals surface area contributed by atoms with Crippen LogP contribution in [0.15, 0.2) is 24.3 Å². The third kappa shape index (κ3) is 4.13. The van der Waals surface area contributed by atoms with Gasteiger partial charge in [0.2, 0.25) is 0 Å². The summed E-state index contributed by atoms with van der Waals surface area (Å²) in [6.45, 7) is 3.74. The van der Waals surface area contributed by atoms with Gasteiger partial charge in [0.25, 0.3) is 0 Å². The molecule has 0 aliphatic heterocycles. The predicted octanol–water partition coefficient (Wildman–Crippen LogP) is 1.66. The highest BCUT2D eigenvalue weighted by Crippen LogP contribution is 2.20. The highest BCUT2D eigenvalue weighted by molar-refractivity contribution is 5.89. The van der Waals surface area contributed by atoms with Crippen LogP contribution in [0.3, 0.4) is 0 Å². The predicted molar refractivity (Wildman–Crippen MR) is 70.6 cm³/mol. The molecule has 0 bridgehead atoms. The lowest BCUT2D eigenvalue weighted by Gasteiger charge is -2.26. The minimum atomic E-state index is -0.907. The van der Waals surface area contributed by atoms with E-state index in [2.05, 4.69) is 0 Å². The van der Waals surface area contributed by atoms with Crippen molar-refractivity contribution in [2.45, 2.75) is 32.2 Å². The maximum atomic E-state index is 11.1. The molecule has 0 radical (unpaired) electrons. The Morgan fingerprint density at radius 1 is 1.44 bits per heavy atom. The van der Waals surface area contributed by atoms with E-state index in [-0.39, 0.29) is 12.5 Å². The average molecular weight is 251 g/mol. The van der Waals surface area contributed by atoms with Crippen LogP contribution in [-0.2, 0) is 6.42 Å². The molecule has 4 nitrogen and oxygen atoms in total. The lowest BCUT2D eigenvalue weighted by molar-refractivity contribution is 0.0695. The van der Waals surface area contributed by atoms with Crippen molar-refractivity contribution in [3.8, 4) is 0 Å². The van der Waals surface area contributed by atoms with Crippen molar-refractivity contribution >= 4 is 5.97 Å². The van der Waals surface area contributed by atoms with Gasteiger partial charge in [0.05, 0.1) is 12.2 Å². The Kier molecular flexibility index (Phi) is 4.87. The number of nitrogens with two attached hydrogens (primary N) is 1. The SMILES string of the molecule is CC(Cc1ccccc1C(=O)O)C[C@](C)(N)CO. The third-order valence-electron chi connectivity index (χ3n) is 2.99. The Morgan fingerprint density at radius 3 is 2.61 bits per heavy atom. The second-order valence-corrected chi connectivity index (χ2v) is 5.29. The first-order chi connectivity index (χ1) is 8.35. The summed E-state index contributed by atoms with van der Waals surface area (Å²) in [5.74, 6) is -0.692. The van der Waals surface area contributed by atoms with Gasteiger partial charge < -0.3 is 15.9 Å². The van der Waals surface area contributed by atoms with E-state index in [4.69, 9.17) is 15.9 Å². The summed E-state index contributed by atoms with van der Waals surface area (Å²) in [5, 5.41) is 18.2. The molecule has 1 aromatic carbocycles. The van der Waals surface area contributed by atoms with Crippen LogP contribution in [0.4, 0.5) is 0 Å². The number of rotatable bonds is 6. The van der Waals surface area contributed by atoms with E-state index in [1.54, 1.807) is 19.1 Å². The maximum Gasteiger partial charge on any atom is 0.335 e. The first kappa shape index (κ1) is 14.7. The first-order valence-corrected chi connectivity index (χ1v) is 6.06. The van der Waals surface area contributed by atoms with Crippen LogP contribution >= 0.6 is 0 Å². The molecule has 1 unspecified atom stereocenters. The Morgan fingerprint density at radius 2 is 2.06 bits per heavy atom. The topological polar surface area (TPSA) is 83.5 Å². The number of hydrogen-bond acceptors (Lipinski definition) is 3. The van der Waals surface area contributed by atoms with E-state index in [0.29, 0.717) is 18.4 Å². The fourth-order valence-electron chi connectivity index (χ4n) is 2.22. The summed E-state index contributed by atoms with van der Waals surface area (Å²) < 4.78 is 0. The van der Waals surface area contributed by atoms with Crippen LogP contribution in [-0.4, -0.2) is 28.3 Å². The number of hydrogen-bond donors (Lipinski definition) is 3. The lowest BCUT2D eigenvalue weighted by atomic mass is 9.86. The number of carboxylic acids is 1. The van der Waals surface area contributed by atoms with Crippen LogP contribution in [0.1, 0.15) is 36.2 Å². The standard InChI is InChI=1S/C14H21NO3/c1-10(8-14(2,15)9-16)7-11-5-3-4-6-12(11)13(17)18/h3-6,10,16H,7-9,15H2,1-2H3,(H,17,18)/t10?,14-/m0/s1. The van der Waals surface area contributed by atoms with Crippen molar-refractivity contribution in [1.29, 1.82) is 0 Å². The maximum absolute atomic E-state index is 11.1. The second kappa shape index (κ2) is 5.98. The fourth-order valence-corrected chi connectivity index (χ4v) is 2.22. The van der Waals surface area contributed by atoms with Gasteiger partial charge in [-0.25, -0.2) is 4.79 Å². The molecule has 4 heteroatoms. The molecule has 0 saturated carbocycles. The van der Waals surface area contributed by atoms with E-state index >= 15 is 0 Å². The van der Waals surface area contributed by atoms with Crippen molar-refractivity contribution < 1.29 is 15.0 Å². The summed E-state index contributed by atoms with van der Waals surface area (Å²) in [5.41, 5.74) is 6.44. The van der Waals surface area contributed by atoms with Gasteiger partial charge in [0.1, 0.15) is 0 Å². The molecule has 2 atom stereocenters. The lowest BCUT2D eigenvalue weighted by Crippen LogP contribution is -2.41. The highest BCUT2D eigenvalue weighted by atomic mass is 16.4. The molecule has 18 heavy (non-hydrogen) atoms. The molecule has 0 saturated heterocycles. The molecule has 1 rings (SSSR count). The van der Waals surface area contributed by atoms with Crippen molar-refractivity contribution in [3.05, 3.63) is 35.4 Å². The molecular weight excluding hydrogens is 230 g/mol. The number of carbonyl (C=O) groups is 1. The van der Waals surface area contributed by atoms with Gasteiger partial charge in [-0.2, -0.15) is 0 Å². The highest BCUT2D eigenvalue weighted by Gasteiger charge is 2.21. The van der Waals surface area contributed by atoms with Crippen LogP contribution < -0.4 is 5.73 Å². The Hall–Kier alpha value is -1.39. The van der Waals surface area contributed by atoms with E-state index in [0.717, 1.165) is 5.56 Å². The zero-order chi connectivity index (χ0) is 13.8. The van der Waals surface area contributed by atoms with E-state index in [1.165, 1.54) is 0 Å². The molecule has 0 aliphatic rings. The number of benzene rings is 1. The molecule has 0 aromatic heterocycles. The summed E-state index contributed by atoms with van der Waals surface area (Å²) in [4.78, 5) is 11.1. The van der Waals surface area contributed by atoms with Gasteiger partial charge in [-0.15, -0.1) is 0 Å². The second-order valence-electron chi connectivity index (χ2n) is 5.29. The Labute approximate surface area is 107 Å². The van der Waals surface area contributed by atoms with E-state index in [1.807, 2.05) is 19.1 Å². The number of aliphatic hydroxyl groups is 1. The zero-order valence-corrected chi connectivity index (χ0v) is 10.9. The normalized spacial score (nSPS) is 16.0. The molecule has 1 aromatic rings. The van der Waals surface area contributed by atoms with Crippen molar-refractivity contribution in [2.24, 2.45) is 11.7 Å². The largest absolute Gasteiger partial charge is 0.478 e. The molecular formula is C14H21NO3. The summed E-state index contributed by atoms with van der Waals surface area (Å²) in [7, 11) is 0. The van der Waals surface area contributed by atoms with Gasteiger partial charge in [-0.05, 0) is 37.3 Å². The molecule has 0 heterocycles. The van der Waals surface area contributed by atoms with Crippen molar-refractivity contribution in [1.82, 2.24) is 0 Å². The van der Waals surface area contributed by atoms with Crippen LogP contribution in [0, 0.1) is 5.92 Å². The Balaban J connectivity index is 2.76. The van der Waals surface area contributed by atoms with Crippen molar-refractivity contribution in [2.75, 3.05) is 6.61 Å². The van der Waals surface area contributed by atoms with Gasteiger partial charge >= 0.3 is 5.97 Å². The first-order valence-electron chi connectivity index (χ1n) is 6.06. The quantitative estimate of drug-likeness (QED) is 0.718. The Bertz CT molecular complexity index is 415. The van der Waals surface area contributed by atoms with Gasteiger partial charge in [0.15, 0.2) is 0 Å². The van der Waals surface area contributed by atoms with E-state index < -0.39 is 11.5 Å². The van der Waals surface area contributed by atoms with Gasteiger partial charge in [-0.1, -0.05) is 25.1 Å². The number of aliphatic hydroxyl groups excluding tert-OH is 1. The minimum absolute atomic E-state index is 0.0715. The average Bonchev–Trinajstić information content (AvgIpc) is 2.28. The van der Waals surface area contributed by atoms with Gasteiger partial charge in [0, 0.05) is 5.54 Å². The van der Waals surface area contributed by atoms with Crippen molar-refractivity contribution in [3.63, 3.8) is 0 Å². The molecule has 0 spiro atoms. The van der Waals surface area contributed by atoms with Gasteiger partial charge in [-0.3, -0.25) is 0 Å². The fraction of sp³-hybridized carbons (Fsp3) is 0.500. The smallest absolute Gasteiger partial charge is 0.335 e. The summed E-state index contributed by atoms with van der Waals surface area (Å²) in [6, 6.07) is 6.99. The molecule has 100 valence electrons. The van der Waals surface area contributed by atoms with Crippen LogP contribution in [0.25, 0.3) is 0 Å². The van der Waals surface area contributed by atoms with Crippen LogP contribution in [0.5, 0.6) is 0 Å². The molecule has 0 aliphatic carbocycles. The summed E-state index contributed by atoms with van der Waals surface area (Å²) in [6.07, 6.45) is 1.30. The minimum Gasteiger partial charge on any atom is -0.478 e. The molecule has 0 amide bonds. The van der Waals surface area contributed by atoms with E-state index in [9.17, 15) is 4.79 Å². The monoisotopic (exact) mass is 251 g/mol.